The molecule has 0 aliphatic heterocycles. The van der Waals surface area contributed by atoms with E-state index in [1.54, 1.807) is 0 Å². The topological polar surface area (TPSA) is 237 Å². The summed E-state index contributed by atoms with van der Waals surface area (Å²) >= 11 is 0. The number of aliphatic hydroxyl groups is 1. The van der Waals surface area contributed by atoms with Gasteiger partial charge in [-0.25, -0.2) is 9.13 Å². The summed E-state index contributed by atoms with van der Waals surface area (Å²) in [7, 11) is -9.91. The van der Waals surface area contributed by atoms with E-state index in [1.807, 2.05) is 0 Å². The summed E-state index contributed by atoms with van der Waals surface area (Å²) in [6.45, 7) is 11.9. The van der Waals surface area contributed by atoms with Crippen LogP contribution in [0.1, 0.15) is 402 Å². The fourth-order valence-corrected chi connectivity index (χ4v) is 13.5. The number of unbranched alkanes of at least 4 members (excludes halogenated alkanes) is 42. The van der Waals surface area contributed by atoms with Crippen molar-refractivity contribution in [1.29, 1.82) is 0 Å². The average molecular weight is 1420 g/mol. The molecule has 17 nitrogen and oxygen atoms in total. The standard InChI is InChI=1S/C78H152O17P2/c1-8-11-12-13-14-15-16-23-27-30-38-45-52-59-75(80)88-65-73(94-77(82)61-54-47-39-31-28-25-22-20-18-17-19-21-24-26-29-36-43-50-57-70(6)9-2)67-92-96(84,85)90-63-72(79)64-91-97(86,87)93-68-74(66-89-76(81)60-53-46-41-34-35-42-49-56-69(4)5)95-78(83)62-55-48-40-33-32-37-44-51-58-71(7)10-3/h69-74,79H,8-68H2,1-7H3,(H,84,85)(H,86,87)/t70?,71?,72-,73-,74-/m1/s1. The second-order valence-electron chi connectivity index (χ2n) is 29.1. The lowest BCUT2D eigenvalue weighted by molar-refractivity contribution is -0.161. The summed E-state index contributed by atoms with van der Waals surface area (Å²) in [6.07, 6.45) is 55.5. The van der Waals surface area contributed by atoms with Crippen molar-refractivity contribution in [2.75, 3.05) is 39.6 Å². The summed E-state index contributed by atoms with van der Waals surface area (Å²) in [4.78, 5) is 72.8. The maximum atomic E-state index is 13.1. The molecule has 0 radical (unpaired) electrons. The molecule has 0 amide bonds. The lowest BCUT2D eigenvalue weighted by atomic mass is 9.99. The van der Waals surface area contributed by atoms with Crippen LogP contribution < -0.4 is 0 Å². The maximum Gasteiger partial charge on any atom is 0.472 e. The fraction of sp³-hybridized carbons (Fsp3) is 0.949. The Balaban J connectivity index is 5.20. The highest BCUT2D eigenvalue weighted by molar-refractivity contribution is 7.47. The highest BCUT2D eigenvalue weighted by Crippen LogP contribution is 2.45. The van der Waals surface area contributed by atoms with Gasteiger partial charge in [-0.1, -0.05) is 350 Å². The predicted octanol–water partition coefficient (Wildman–Crippen LogP) is 23.0. The molecule has 0 saturated carbocycles. The van der Waals surface area contributed by atoms with Crippen molar-refractivity contribution in [3.05, 3.63) is 0 Å². The van der Waals surface area contributed by atoms with Crippen molar-refractivity contribution in [3.8, 4) is 0 Å². The van der Waals surface area contributed by atoms with Crippen molar-refractivity contribution in [3.63, 3.8) is 0 Å². The van der Waals surface area contributed by atoms with Crippen molar-refractivity contribution < 1.29 is 80.2 Å². The van der Waals surface area contributed by atoms with E-state index in [2.05, 4.69) is 48.5 Å². The van der Waals surface area contributed by atoms with Gasteiger partial charge in [-0.05, 0) is 43.4 Å². The molecule has 3 N–H and O–H groups in total. The molecule has 0 heterocycles. The number of carbonyl (C=O) groups is 4. The van der Waals surface area contributed by atoms with E-state index >= 15 is 0 Å². The van der Waals surface area contributed by atoms with Gasteiger partial charge in [0.15, 0.2) is 12.2 Å². The van der Waals surface area contributed by atoms with Crippen LogP contribution >= 0.6 is 15.6 Å². The van der Waals surface area contributed by atoms with Crippen LogP contribution in [0.2, 0.25) is 0 Å². The van der Waals surface area contributed by atoms with Gasteiger partial charge in [0, 0.05) is 25.7 Å². The van der Waals surface area contributed by atoms with E-state index < -0.39 is 97.5 Å². The van der Waals surface area contributed by atoms with Crippen molar-refractivity contribution >= 4 is 39.5 Å². The number of esters is 4. The normalized spacial score (nSPS) is 14.6. The van der Waals surface area contributed by atoms with E-state index in [1.165, 1.54) is 205 Å². The first-order valence-corrected chi connectivity index (χ1v) is 43.4. The SMILES string of the molecule is CCCCCCCCCCCCCCCC(=O)OC[C@H](COP(=O)(O)OC[C@@H](O)COP(=O)(O)OC[C@@H](COC(=O)CCCCCCCCCC(C)C)OC(=O)CCCCCCCCCCC(C)CC)OC(=O)CCCCCCCCCCCCCCCCCCCCC(C)CC. The van der Waals surface area contributed by atoms with E-state index in [0.717, 1.165) is 108 Å². The van der Waals surface area contributed by atoms with Gasteiger partial charge < -0.3 is 33.8 Å². The molecule has 0 spiro atoms. The minimum absolute atomic E-state index is 0.104. The Kier molecular flexibility index (Phi) is 67.1. The first kappa shape index (κ1) is 95.1. The zero-order valence-electron chi connectivity index (χ0n) is 63.5. The molecule has 0 aromatic rings. The van der Waals surface area contributed by atoms with Gasteiger partial charge in [0.25, 0.3) is 0 Å². The van der Waals surface area contributed by atoms with Crippen LogP contribution in [0.4, 0.5) is 0 Å². The van der Waals surface area contributed by atoms with E-state index in [4.69, 9.17) is 37.0 Å². The molecule has 0 saturated heterocycles. The Hall–Kier alpha value is -1.94. The van der Waals surface area contributed by atoms with Gasteiger partial charge >= 0.3 is 39.5 Å². The zero-order chi connectivity index (χ0) is 71.6. The van der Waals surface area contributed by atoms with E-state index in [9.17, 15) is 43.2 Å². The summed E-state index contributed by atoms with van der Waals surface area (Å²) < 4.78 is 68.5. The largest absolute Gasteiger partial charge is 0.472 e. The minimum atomic E-state index is -4.96. The lowest BCUT2D eigenvalue weighted by Gasteiger charge is -2.21. The molecule has 576 valence electrons. The van der Waals surface area contributed by atoms with Crippen LogP contribution in [0.25, 0.3) is 0 Å². The number of rotatable bonds is 76. The molecule has 0 aromatic heterocycles. The smallest absolute Gasteiger partial charge is 0.462 e. The molecule has 0 aliphatic carbocycles. The molecule has 0 aromatic carbocycles. The molecule has 7 atom stereocenters. The van der Waals surface area contributed by atoms with Gasteiger partial charge in [0.05, 0.1) is 26.4 Å². The Bertz CT molecular complexity index is 1890. The van der Waals surface area contributed by atoms with Gasteiger partial charge in [-0.3, -0.25) is 37.3 Å². The summed E-state index contributed by atoms with van der Waals surface area (Å²) in [5, 5.41) is 10.6. The Labute approximate surface area is 594 Å². The second kappa shape index (κ2) is 68.5. The summed E-state index contributed by atoms with van der Waals surface area (Å²) in [6, 6.07) is 0. The van der Waals surface area contributed by atoms with Crippen LogP contribution in [0.15, 0.2) is 0 Å². The van der Waals surface area contributed by atoms with E-state index in [0.29, 0.717) is 31.6 Å². The first-order valence-electron chi connectivity index (χ1n) is 40.4. The number of phosphoric acid groups is 2. The molecule has 4 unspecified atom stereocenters. The quantitative estimate of drug-likeness (QED) is 0.0222. The highest BCUT2D eigenvalue weighted by atomic mass is 31.2. The monoisotopic (exact) mass is 1420 g/mol. The van der Waals surface area contributed by atoms with Crippen molar-refractivity contribution in [2.45, 2.75) is 420 Å². The predicted molar refractivity (Wildman–Crippen MR) is 395 cm³/mol. The van der Waals surface area contributed by atoms with E-state index in [-0.39, 0.29) is 25.7 Å². The van der Waals surface area contributed by atoms with Crippen LogP contribution in [-0.4, -0.2) is 96.7 Å². The number of hydrogen-bond donors (Lipinski definition) is 3. The molecular weight excluding hydrogens is 1270 g/mol. The lowest BCUT2D eigenvalue weighted by Crippen LogP contribution is -2.30. The third-order valence-electron chi connectivity index (χ3n) is 18.9. The van der Waals surface area contributed by atoms with Gasteiger partial charge in [0.2, 0.25) is 0 Å². The van der Waals surface area contributed by atoms with Crippen LogP contribution in [0, 0.1) is 17.8 Å². The third kappa shape index (κ3) is 69.5. The molecule has 97 heavy (non-hydrogen) atoms. The highest BCUT2D eigenvalue weighted by Gasteiger charge is 2.30. The van der Waals surface area contributed by atoms with Crippen molar-refractivity contribution in [2.24, 2.45) is 17.8 Å². The average Bonchev–Trinajstić information content (AvgIpc) is 1.49. The van der Waals surface area contributed by atoms with Crippen LogP contribution in [0.3, 0.4) is 0 Å². The molecule has 19 heteroatoms. The molecule has 0 rings (SSSR count). The van der Waals surface area contributed by atoms with Crippen LogP contribution in [-0.2, 0) is 65.4 Å². The summed E-state index contributed by atoms with van der Waals surface area (Å²) in [5.41, 5.74) is 0. The molecular formula is C78H152O17P2. The minimum Gasteiger partial charge on any atom is -0.462 e. The number of hydrogen-bond acceptors (Lipinski definition) is 15. The molecule has 0 fully saturated rings. The third-order valence-corrected chi connectivity index (χ3v) is 20.8. The van der Waals surface area contributed by atoms with Crippen molar-refractivity contribution in [1.82, 2.24) is 0 Å². The second-order valence-corrected chi connectivity index (χ2v) is 32.0. The van der Waals surface area contributed by atoms with Crippen LogP contribution in [0.5, 0.6) is 0 Å². The van der Waals surface area contributed by atoms with Gasteiger partial charge in [-0.15, -0.1) is 0 Å². The Morgan fingerprint density at radius 2 is 0.526 bits per heavy atom. The number of carbonyl (C=O) groups excluding carboxylic acids is 4. The Morgan fingerprint density at radius 3 is 0.784 bits per heavy atom. The maximum absolute atomic E-state index is 13.1. The zero-order valence-corrected chi connectivity index (χ0v) is 65.3. The number of ether oxygens (including phenoxy) is 4. The molecule has 0 bridgehead atoms. The Morgan fingerprint density at radius 1 is 0.299 bits per heavy atom. The number of phosphoric ester groups is 2. The number of aliphatic hydroxyl groups excluding tert-OH is 1. The van der Waals surface area contributed by atoms with Gasteiger partial charge in [-0.2, -0.15) is 0 Å². The fourth-order valence-electron chi connectivity index (χ4n) is 11.9. The summed E-state index contributed by atoms with van der Waals surface area (Å²) in [5.74, 6) is 0.228. The van der Waals surface area contributed by atoms with Gasteiger partial charge in [0.1, 0.15) is 19.3 Å². The first-order chi connectivity index (χ1) is 46.8. The molecule has 0 aliphatic rings.